The first-order chi connectivity index (χ1) is 9.97. The molecule has 2 N–H and O–H groups in total. The van der Waals surface area contributed by atoms with Crippen molar-refractivity contribution in [3.63, 3.8) is 0 Å². The number of hydrogen-bond acceptors (Lipinski definition) is 3. The summed E-state index contributed by atoms with van der Waals surface area (Å²) in [6.07, 6.45) is 0.0169. The van der Waals surface area contributed by atoms with Gasteiger partial charge in [0, 0.05) is 21.0 Å². The number of thiophene rings is 1. The van der Waals surface area contributed by atoms with Crippen molar-refractivity contribution in [3.05, 3.63) is 56.2 Å². The molecule has 0 saturated heterocycles. The zero-order valence-corrected chi connectivity index (χ0v) is 13.7. The van der Waals surface area contributed by atoms with Gasteiger partial charge in [0.2, 0.25) is 0 Å². The normalized spacial score (nSPS) is 13.9. The van der Waals surface area contributed by atoms with Crippen molar-refractivity contribution < 1.29 is 9.90 Å². The summed E-state index contributed by atoms with van der Waals surface area (Å²) in [5.74, 6) is -0.842. The standard InChI is InChI=1S/C15H15Cl2NO2S/c1-9(11-7-10(16)4-5-12(11)17)18-13(8-15(19)20)14-3-2-6-21-14/h2-7,9,13,18H,8H2,1H3,(H,19,20). The third kappa shape index (κ3) is 4.45. The lowest BCUT2D eigenvalue weighted by atomic mass is 10.1. The van der Waals surface area contributed by atoms with Crippen LogP contribution >= 0.6 is 34.5 Å². The second-order valence-corrected chi connectivity index (χ2v) is 6.54. The van der Waals surface area contributed by atoms with Gasteiger partial charge in [0.25, 0.3) is 0 Å². The SMILES string of the molecule is CC(NC(CC(=O)O)c1cccs1)c1cc(Cl)ccc1Cl. The Bertz CT molecular complexity index is 616. The van der Waals surface area contributed by atoms with E-state index in [0.29, 0.717) is 10.0 Å². The van der Waals surface area contributed by atoms with Crippen LogP contribution in [0, 0.1) is 0 Å². The van der Waals surface area contributed by atoms with E-state index in [2.05, 4.69) is 5.32 Å². The van der Waals surface area contributed by atoms with E-state index in [-0.39, 0.29) is 18.5 Å². The number of hydrogen-bond donors (Lipinski definition) is 2. The molecule has 0 aliphatic rings. The zero-order valence-electron chi connectivity index (χ0n) is 11.3. The number of carboxylic acids is 1. The summed E-state index contributed by atoms with van der Waals surface area (Å²) in [7, 11) is 0. The predicted molar refractivity (Wildman–Crippen MR) is 87.3 cm³/mol. The van der Waals surface area contributed by atoms with Crippen LogP contribution in [0.25, 0.3) is 0 Å². The van der Waals surface area contributed by atoms with Crippen molar-refractivity contribution in [3.8, 4) is 0 Å². The summed E-state index contributed by atoms with van der Waals surface area (Å²) in [6, 6.07) is 8.75. The van der Waals surface area contributed by atoms with Gasteiger partial charge in [-0.25, -0.2) is 0 Å². The quantitative estimate of drug-likeness (QED) is 0.782. The molecule has 0 spiro atoms. The average Bonchev–Trinajstić information content (AvgIpc) is 2.94. The van der Waals surface area contributed by atoms with Gasteiger partial charge in [0.15, 0.2) is 0 Å². The smallest absolute Gasteiger partial charge is 0.305 e. The molecule has 112 valence electrons. The summed E-state index contributed by atoms with van der Waals surface area (Å²) < 4.78 is 0. The lowest BCUT2D eigenvalue weighted by Crippen LogP contribution is -2.26. The third-order valence-corrected chi connectivity index (χ3v) is 4.71. The summed E-state index contributed by atoms with van der Waals surface area (Å²) >= 11 is 13.7. The first-order valence-electron chi connectivity index (χ1n) is 6.43. The average molecular weight is 344 g/mol. The Balaban J connectivity index is 2.19. The summed E-state index contributed by atoms with van der Waals surface area (Å²) in [5, 5.41) is 15.6. The van der Waals surface area contributed by atoms with Crippen LogP contribution < -0.4 is 5.32 Å². The maximum Gasteiger partial charge on any atom is 0.305 e. The summed E-state index contributed by atoms with van der Waals surface area (Å²) in [5.41, 5.74) is 0.858. The van der Waals surface area contributed by atoms with E-state index in [9.17, 15) is 4.79 Å². The first kappa shape index (κ1) is 16.3. The number of carboxylic acid groups (broad SMARTS) is 1. The Hall–Kier alpha value is -1.07. The minimum absolute atomic E-state index is 0.0169. The monoisotopic (exact) mass is 343 g/mol. The molecule has 2 unspecified atom stereocenters. The van der Waals surface area contributed by atoms with Crippen LogP contribution in [0.15, 0.2) is 35.7 Å². The number of benzene rings is 1. The molecule has 0 aliphatic heterocycles. The molecule has 0 saturated carbocycles. The van der Waals surface area contributed by atoms with Crippen molar-refractivity contribution in [1.29, 1.82) is 0 Å². The Labute approximate surface area is 137 Å². The second kappa shape index (κ2) is 7.27. The van der Waals surface area contributed by atoms with Gasteiger partial charge >= 0.3 is 5.97 Å². The number of halogens is 2. The van der Waals surface area contributed by atoms with Gasteiger partial charge in [-0.1, -0.05) is 29.3 Å². The molecule has 0 amide bonds. The van der Waals surface area contributed by atoms with E-state index in [4.69, 9.17) is 28.3 Å². The molecule has 0 aliphatic carbocycles. The van der Waals surface area contributed by atoms with Crippen molar-refractivity contribution in [2.75, 3.05) is 0 Å². The topological polar surface area (TPSA) is 49.3 Å². The van der Waals surface area contributed by atoms with Gasteiger partial charge in [0.1, 0.15) is 0 Å². The van der Waals surface area contributed by atoms with Crippen LogP contribution in [0.3, 0.4) is 0 Å². The lowest BCUT2D eigenvalue weighted by molar-refractivity contribution is -0.137. The Morgan fingerprint density at radius 2 is 2.14 bits per heavy atom. The first-order valence-corrected chi connectivity index (χ1v) is 8.07. The van der Waals surface area contributed by atoms with Crippen LogP contribution in [0.1, 0.15) is 35.9 Å². The molecule has 2 atom stereocenters. The predicted octanol–water partition coefficient (Wildman–Crippen LogP) is 4.92. The van der Waals surface area contributed by atoms with Gasteiger partial charge in [-0.05, 0) is 42.1 Å². The summed E-state index contributed by atoms with van der Waals surface area (Å²) in [6.45, 7) is 1.94. The van der Waals surface area contributed by atoms with E-state index in [0.717, 1.165) is 10.4 Å². The molecular weight excluding hydrogens is 329 g/mol. The van der Waals surface area contributed by atoms with Gasteiger partial charge in [0.05, 0.1) is 12.5 Å². The number of carbonyl (C=O) groups is 1. The molecule has 0 radical (unpaired) electrons. The maximum atomic E-state index is 11.1. The van der Waals surface area contributed by atoms with Gasteiger partial charge in [-0.15, -0.1) is 11.3 Å². The Morgan fingerprint density at radius 1 is 1.38 bits per heavy atom. The molecule has 1 aromatic carbocycles. The van der Waals surface area contributed by atoms with Gasteiger partial charge < -0.3 is 10.4 Å². The second-order valence-electron chi connectivity index (χ2n) is 4.72. The molecular formula is C15H15Cl2NO2S. The number of aliphatic carboxylic acids is 1. The third-order valence-electron chi connectivity index (χ3n) is 3.14. The molecule has 2 rings (SSSR count). The van der Waals surface area contributed by atoms with E-state index in [1.54, 1.807) is 18.2 Å². The van der Waals surface area contributed by atoms with E-state index < -0.39 is 5.97 Å². The van der Waals surface area contributed by atoms with Crippen molar-refractivity contribution in [2.45, 2.75) is 25.4 Å². The minimum atomic E-state index is -0.842. The van der Waals surface area contributed by atoms with Crippen LogP contribution in [0.2, 0.25) is 10.0 Å². The molecule has 21 heavy (non-hydrogen) atoms. The molecule has 0 fully saturated rings. The van der Waals surface area contributed by atoms with Crippen molar-refractivity contribution in [2.24, 2.45) is 0 Å². The van der Waals surface area contributed by atoms with E-state index in [1.165, 1.54) is 11.3 Å². The fraction of sp³-hybridized carbons (Fsp3) is 0.267. The summed E-state index contributed by atoms with van der Waals surface area (Å²) in [4.78, 5) is 12.0. The zero-order chi connectivity index (χ0) is 15.4. The molecule has 0 bridgehead atoms. The maximum absolute atomic E-state index is 11.1. The van der Waals surface area contributed by atoms with Crippen molar-refractivity contribution >= 4 is 40.5 Å². The highest BCUT2D eigenvalue weighted by Crippen LogP contribution is 2.30. The van der Waals surface area contributed by atoms with Crippen LogP contribution in [-0.2, 0) is 4.79 Å². The number of nitrogens with one attached hydrogen (secondary N) is 1. The van der Waals surface area contributed by atoms with Gasteiger partial charge in [-0.3, -0.25) is 4.79 Å². The Morgan fingerprint density at radius 3 is 2.76 bits per heavy atom. The Kier molecular flexibility index (Phi) is 5.65. The van der Waals surface area contributed by atoms with Gasteiger partial charge in [-0.2, -0.15) is 0 Å². The molecule has 1 aromatic heterocycles. The van der Waals surface area contributed by atoms with Crippen LogP contribution in [0.4, 0.5) is 0 Å². The highest BCUT2D eigenvalue weighted by molar-refractivity contribution is 7.10. The van der Waals surface area contributed by atoms with E-state index >= 15 is 0 Å². The van der Waals surface area contributed by atoms with Crippen molar-refractivity contribution in [1.82, 2.24) is 5.32 Å². The fourth-order valence-corrected chi connectivity index (χ4v) is 3.39. The van der Waals surface area contributed by atoms with E-state index in [1.807, 2.05) is 24.4 Å². The number of rotatable bonds is 6. The molecule has 6 heteroatoms. The van der Waals surface area contributed by atoms with Crippen LogP contribution in [0.5, 0.6) is 0 Å². The molecule has 3 nitrogen and oxygen atoms in total. The largest absolute Gasteiger partial charge is 0.481 e. The fourth-order valence-electron chi connectivity index (χ4n) is 2.14. The highest BCUT2D eigenvalue weighted by Gasteiger charge is 2.20. The lowest BCUT2D eigenvalue weighted by Gasteiger charge is -2.22. The molecule has 1 heterocycles. The van der Waals surface area contributed by atoms with Crippen LogP contribution in [-0.4, -0.2) is 11.1 Å². The minimum Gasteiger partial charge on any atom is -0.481 e. The highest BCUT2D eigenvalue weighted by atomic mass is 35.5. The molecule has 2 aromatic rings.